The lowest BCUT2D eigenvalue weighted by atomic mass is 10.1. The van der Waals surface area contributed by atoms with Crippen LogP contribution in [-0.4, -0.2) is 40.0 Å². The molecule has 4 rings (SSSR count). The third kappa shape index (κ3) is 2.55. The van der Waals surface area contributed by atoms with Gasteiger partial charge in [-0.2, -0.15) is 0 Å². The van der Waals surface area contributed by atoms with Crippen molar-refractivity contribution in [3.05, 3.63) is 40.8 Å². The van der Waals surface area contributed by atoms with Crippen LogP contribution in [-0.2, 0) is 11.2 Å². The average Bonchev–Trinajstić information content (AvgIpc) is 3.10. The van der Waals surface area contributed by atoms with Crippen LogP contribution in [0.2, 0.25) is 0 Å². The molecule has 1 fully saturated rings. The van der Waals surface area contributed by atoms with E-state index in [2.05, 4.69) is 25.2 Å². The second kappa shape index (κ2) is 5.42. The van der Waals surface area contributed by atoms with Crippen molar-refractivity contribution in [3.8, 4) is 0 Å². The maximum Gasteiger partial charge on any atom is 0.226 e. The molecule has 1 amide bonds. The lowest BCUT2D eigenvalue weighted by Crippen LogP contribution is -2.60. The van der Waals surface area contributed by atoms with Crippen LogP contribution in [0.25, 0.3) is 11.0 Å². The van der Waals surface area contributed by atoms with Crippen molar-refractivity contribution < 1.29 is 4.79 Å². The minimum absolute atomic E-state index is 0.0279. The minimum Gasteiger partial charge on any atom is -0.349 e. The van der Waals surface area contributed by atoms with Gasteiger partial charge in [-0.25, -0.2) is 9.97 Å². The van der Waals surface area contributed by atoms with Crippen molar-refractivity contribution in [1.29, 1.82) is 0 Å². The standard InChI is InChI=1S/C15H15N5OS/c21-14(5-10-8-22-9-16-10)17-11-6-20(7-11)15-18-12-3-1-2-4-13(12)19-15/h1-4,8-9,11H,5-7H2,(H,17,21)(H,18,19). The number of nitrogens with one attached hydrogen (secondary N) is 2. The van der Waals surface area contributed by atoms with Crippen LogP contribution in [0.3, 0.4) is 0 Å². The van der Waals surface area contributed by atoms with E-state index in [1.54, 1.807) is 5.51 Å². The van der Waals surface area contributed by atoms with Gasteiger partial charge in [0.25, 0.3) is 0 Å². The molecule has 1 aliphatic rings. The van der Waals surface area contributed by atoms with Crippen molar-refractivity contribution in [3.63, 3.8) is 0 Å². The number of carbonyl (C=O) groups excluding carboxylic acids is 1. The summed E-state index contributed by atoms with van der Waals surface area (Å²) in [7, 11) is 0. The van der Waals surface area contributed by atoms with E-state index < -0.39 is 0 Å². The molecule has 6 nitrogen and oxygen atoms in total. The summed E-state index contributed by atoms with van der Waals surface area (Å²) in [5.41, 5.74) is 4.58. The Labute approximate surface area is 131 Å². The highest BCUT2D eigenvalue weighted by molar-refractivity contribution is 7.07. The Morgan fingerprint density at radius 3 is 3.05 bits per heavy atom. The maximum absolute atomic E-state index is 11.9. The second-order valence-electron chi connectivity index (χ2n) is 5.40. The van der Waals surface area contributed by atoms with Gasteiger partial charge < -0.3 is 15.2 Å². The summed E-state index contributed by atoms with van der Waals surface area (Å²) >= 11 is 1.51. The van der Waals surface area contributed by atoms with Gasteiger partial charge in [-0.3, -0.25) is 4.79 Å². The Balaban J connectivity index is 1.33. The number of thiazole rings is 1. The summed E-state index contributed by atoms with van der Waals surface area (Å²) in [6.45, 7) is 1.56. The Kier molecular flexibility index (Phi) is 3.27. The lowest BCUT2D eigenvalue weighted by Gasteiger charge is -2.39. The van der Waals surface area contributed by atoms with Crippen LogP contribution < -0.4 is 10.2 Å². The molecule has 1 aromatic carbocycles. The van der Waals surface area contributed by atoms with Crippen molar-refractivity contribution in [2.45, 2.75) is 12.5 Å². The normalized spacial score (nSPS) is 15.0. The summed E-state index contributed by atoms with van der Waals surface area (Å²) in [5, 5.41) is 4.93. The molecule has 2 N–H and O–H groups in total. The molecular weight excluding hydrogens is 298 g/mol. The topological polar surface area (TPSA) is 73.9 Å². The molecule has 1 aliphatic heterocycles. The number of amides is 1. The van der Waals surface area contributed by atoms with E-state index in [0.717, 1.165) is 35.8 Å². The predicted molar refractivity (Wildman–Crippen MR) is 86.1 cm³/mol. The van der Waals surface area contributed by atoms with E-state index in [-0.39, 0.29) is 11.9 Å². The maximum atomic E-state index is 11.9. The second-order valence-corrected chi connectivity index (χ2v) is 6.12. The molecule has 0 aliphatic carbocycles. The smallest absolute Gasteiger partial charge is 0.226 e. The molecule has 3 aromatic rings. The van der Waals surface area contributed by atoms with Crippen molar-refractivity contribution in [1.82, 2.24) is 20.3 Å². The third-order valence-corrected chi connectivity index (χ3v) is 4.38. The molecule has 0 radical (unpaired) electrons. The van der Waals surface area contributed by atoms with Gasteiger partial charge >= 0.3 is 0 Å². The fraction of sp³-hybridized carbons (Fsp3) is 0.267. The molecule has 3 heterocycles. The summed E-state index contributed by atoms with van der Waals surface area (Å²) < 4.78 is 0. The number of fused-ring (bicyclic) bond motifs is 1. The summed E-state index contributed by atoms with van der Waals surface area (Å²) in [5.74, 6) is 0.895. The summed E-state index contributed by atoms with van der Waals surface area (Å²) in [6.07, 6.45) is 0.352. The minimum atomic E-state index is 0.0279. The monoisotopic (exact) mass is 313 g/mol. The number of aromatic amines is 1. The van der Waals surface area contributed by atoms with E-state index in [1.807, 2.05) is 29.6 Å². The zero-order valence-corrected chi connectivity index (χ0v) is 12.6. The largest absolute Gasteiger partial charge is 0.349 e. The molecule has 1 saturated heterocycles. The van der Waals surface area contributed by atoms with Gasteiger partial charge in [0.2, 0.25) is 11.9 Å². The fourth-order valence-corrected chi connectivity index (χ4v) is 3.16. The zero-order valence-electron chi connectivity index (χ0n) is 11.8. The molecule has 22 heavy (non-hydrogen) atoms. The summed E-state index contributed by atoms with van der Waals surface area (Å²) in [6, 6.07) is 8.15. The van der Waals surface area contributed by atoms with Crippen LogP contribution in [0.4, 0.5) is 5.95 Å². The number of anilines is 1. The van der Waals surface area contributed by atoms with Crippen LogP contribution in [0.5, 0.6) is 0 Å². The number of aromatic nitrogens is 3. The van der Waals surface area contributed by atoms with Gasteiger partial charge in [0.15, 0.2) is 0 Å². The quantitative estimate of drug-likeness (QED) is 0.767. The third-order valence-electron chi connectivity index (χ3n) is 3.75. The Morgan fingerprint density at radius 2 is 2.27 bits per heavy atom. The molecule has 0 atom stereocenters. The number of rotatable bonds is 4. The Hall–Kier alpha value is -2.41. The van der Waals surface area contributed by atoms with Crippen LogP contribution in [0.1, 0.15) is 5.69 Å². The first-order chi connectivity index (χ1) is 10.8. The van der Waals surface area contributed by atoms with Gasteiger partial charge in [-0.1, -0.05) is 12.1 Å². The van der Waals surface area contributed by atoms with E-state index in [1.165, 1.54) is 11.3 Å². The van der Waals surface area contributed by atoms with Crippen molar-refractivity contribution in [2.24, 2.45) is 0 Å². The predicted octanol–water partition coefficient (Wildman–Crippen LogP) is 1.57. The summed E-state index contributed by atoms with van der Waals surface area (Å²) in [4.78, 5) is 26.0. The molecule has 112 valence electrons. The van der Waals surface area contributed by atoms with Crippen LogP contribution in [0.15, 0.2) is 35.2 Å². The molecule has 7 heteroatoms. The first kappa shape index (κ1) is 13.3. The number of nitrogens with zero attached hydrogens (tertiary/aromatic N) is 3. The number of imidazole rings is 1. The number of H-pyrrole nitrogens is 1. The van der Waals surface area contributed by atoms with Crippen LogP contribution in [0, 0.1) is 0 Å². The van der Waals surface area contributed by atoms with Crippen molar-refractivity contribution >= 4 is 34.2 Å². The molecule has 0 saturated carbocycles. The van der Waals surface area contributed by atoms with Crippen molar-refractivity contribution in [2.75, 3.05) is 18.0 Å². The molecule has 0 bridgehead atoms. The highest BCUT2D eigenvalue weighted by Gasteiger charge is 2.30. The molecule has 0 spiro atoms. The number of para-hydroxylation sites is 2. The molecule has 2 aromatic heterocycles. The number of hydrogen-bond donors (Lipinski definition) is 2. The van der Waals surface area contributed by atoms with Gasteiger partial charge in [0.1, 0.15) is 0 Å². The van der Waals surface area contributed by atoms with E-state index >= 15 is 0 Å². The lowest BCUT2D eigenvalue weighted by molar-refractivity contribution is -0.121. The van der Waals surface area contributed by atoms with Gasteiger partial charge in [-0.15, -0.1) is 11.3 Å². The first-order valence-electron chi connectivity index (χ1n) is 7.14. The zero-order chi connectivity index (χ0) is 14.9. The SMILES string of the molecule is O=C(Cc1cscn1)NC1CN(c2nc3ccccc3[nH]2)C1. The molecule has 0 unspecified atom stereocenters. The van der Waals surface area contributed by atoms with Crippen LogP contribution >= 0.6 is 11.3 Å². The van der Waals surface area contributed by atoms with Gasteiger partial charge in [-0.05, 0) is 12.1 Å². The average molecular weight is 313 g/mol. The van der Waals surface area contributed by atoms with Gasteiger partial charge in [0.05, 0.1) is 34.7 Å². The molecular formula is C15H15N5OS. The number of hydrogen-bond acceptors (Lipinski definition) is 5. The fourth-order valence-electron chi connectivity index (χ4n) is 2.60. The Morgan fingerprint density at radius 1 is 1.41 bits per heavy atom. The highest BCUT2D eigenvalue weighted by Crippen LogP contribution is 2.21. The van der Waals surface area contributed by atoms with E-state index in [0.29, 0.717) is 6.42 Å². The highest BCUT2D eigenvalue weighted by atomic mass is 32.1. The van der Waals surface area contributed by atoms with E-state index in [4.69, 9.17) is 0 Å². The van der Waals surface area contributed by atoms with E-state index in [9.17, 15) is 4.79 Å². The Bertz CT molecular complexity index is 758. The van der Waals surface area contributed by atoms with Gasteiger partial charge in [0, 0.05) is 18.5 Å². The number of carbonyl (C=O) groups is 1. The number of benzene rings is 1. The first-order valence-corrected chi connectivity index (χ1v) is 8.08.